The Hall–Kier alpha value is -2.31. The Bertz CT molecular complexity index is 696. The summed E-state index contributed by atoms with van der Waals surface area (Å²) in [6.45, 7) is 1.60. The molecule has 2 atom stereocenters. The first-order valence-corrected chi connectivity index (χ1v) is 7.95. The Morgan fingerprint density at radius 3 is 2.79 bits per heavy atom. The van der Waals surface area contributed by atoms with Crippen LogP contribution in [0.25, 0.3) is 0 Å². The largest absolute Gasteiger partial charge is 0.396 e. The molecule has 2 heterocycles. The van der Waals surface area contributed by atoms with Gasteiger partial charge in [0, 0.05) is 55.5 Å². The zero-order valence-electron chi connectivity index (χ0n) is 13.2. The Kier molecular flexibility index (Phi) is 5.17. The van der Waals surface area contributed by atoms with Crippen LogP contribution < -0.4 is 5.32 Å². The summed E-state index contributed by atoms with van der Waals surface area (Å²) >= 11 is 0. The molecule has 0 radical (unpaired) electrons. The monoisotopic (exact) mass is 329 g/mol. The number of aromatic nitrogens is 1. The van der Waals surface area contributed by atoms with Gasteiger partial charge in [-0.05, 0) is 18.2 Å². The molecule has 1 saturated heterocycles. The molecule has 1 aromatic heterocycles. The van der Waals surface area contributed by atoms with Crippen molar-refractivity contribution in [3.63, 3.8) is 0 Å². The zero-order chi connectivity index (χ0) is 16.9. The molecule has 5 nitrogen and oxygen atoms in total. The van der Waals surface area contributed by atoms with Gasteiger partial charge in [-0.15, -0.1) is 0 Å². The van der Waals surface area contributed by atoms with E-state index >= 15 is 0 Å². The van der Waals surface area contributed by atoms with Gasteiger partial charge in [-0.25, -0.2) is 4.39 Å². The molecule has 1 aromatic carbocycles. The van der Waals surface area contributed by atoms with Crippen LogP contribution in [0.4, 0.5) is 4.39 Å². The maximum absolute atomic E-state index is 13.7. The van der Waals surface area contributed by atoms with Crippen LogP contribution in [0, 0.1) is 11.7 Å². The number of aliphatic hydroxyl groups excluding tert-OH is 1. The fraction of sp³-hybridized carbons (Fsp3) is 0.333. The lowest BCUT2D eigenvalue weighted by molar-refractivity contribution is 0.0921. The summed E-state index contributed by atoms with van der Waals surface area (Å²) in [4.78, 5) is 18.1. The summed E-state index contributed by atoms with van der Waals surface area (Å²) in [5, 5.41) is 12.6. The van der Waals surface area contributed by atoms with Gasteiger partial charge in [0.25, 0.3) is 5.91 Å². The first-order chi connectivity index (χ1) is 11.7. The molecule has 0 bridgehead atoms. The number of amides is 1. The predicted molar refractivity (Wildman–Crippen MR) is 87.7 cm³/mol. The van der Waals surface area contributed by atoms with Crippen molar-refractivity contribution in [1.29, 1.82) is 0 Å². The molecule has 0 unspecified atom stereocenters. The average Bonchev–Trinajstić information content (AvgIpc) is 2.99. The lowest BCUT2D eigenvalue weighted by Crippen LogP contribution is -2.41. The summed E-state index contributed by atoms with van der Waals surface area (Å²) in [5.41, 5.74) is 1.16. The highest BCUT2D eigenvalue weighted by molar-refractivity contribution is 5.94. The molecular formula is C18H20FN3O2. The third-order valence-corrected chi connectivity index (χ3v) is 4.35. The van der Waals surface area contributed by atoms with Crippen LogP contribution in [0.3, 0.4) is 0 Å². The summed E-state index contributed by atoms with van der Waals surface area (Å²) < 4.78 is 13.7. The van der Waals surface area contributed by atoms with Gasteiger partial charge < -0.3 is 10.4 Å². The van der Waals surface area contributed by atoms with Crippen molar-refractivity contribution < 1.29 is 14.3 Å². The second-order valence-corrected chi connectivity index (χ2v) is 6.05. The normalized spacial score (nSPS) is 20.9. The van der Waals surface area contributed by atoms with Crippen molar-refractivity contribution in [1.82, 2.24) is 15.2 Å². The minimum Gasteiger partial charge on any atom is -0.396 e. The van der Waals surface area contributed by atoms with E-state index in [-0.39, 0.29) is 30.3 Å². The van der Waals surface area contributed by atoms with E-state index in [1.165, 1.54) is 6.20 Å². The van der Waals surface area contributed by atoms with Crippen molar-refractivity contribution in [3.8, 4) is 0 Å². The van der Waals surface area contributed by atoms with E-state index in [2.05, 4.69) is 10.3 Å². The summed E-state index contributed by atoms with van der Waals surface area (Å²) in [6.07, 6.45) is 2.76. The van der Waals surface area contributed by atoms with E-state index in [4.69, 9.17) is 0 Å². The van der Waals surface area contributed by atoms with Crippen molar-refractivity contribution >= 4 is 5.91 Å². The number of aliphatic hydroxyl groups is 1. The van der Waals surface area contributed by atoms with Gasteiger partial charge in [0.05, 0.1) is 6.20 Å². The van der Waals surface area contributed by atoms with Crippen molar-refractivity contribution in [2.45, 2.75) is 12.6 Å². The second-order valence-electron chi connectivity index (χ2n) is 6.05. The number of nitrogens with one attached hydrogen (secondary N) is 1. The van der Waals surface area contributed by atoms with Gasteiger partial charge in [-0.1, -0.05) is 18.2 Å². The number of nitrogens with zero attached hydrogens (tertiary/aromatic N) is 2. The number of carbonyl (C=O) groups is 1. The minimum atomic E-state index is -0.338. The Morgan fingerprint density at radius 2 is 2.08 bits per heavy atom. The first kappa shape index (κ1) is 16.5. The van der Waals surface area contributed by atoms with Gasteiger partial charge >= 0.3 is 0 Å². The highest BCUT2D eigenvalue weighted by atomic mass is 19.1. The third kappa shape index (κ3) is 3.77. The number of hydrogen-bond donors (Lipinski definition) is 2. The van der Waals surface area contributed by atoms with Crippen LogP contribution in [-0.4, -0.2) is 46.6 Å². The first-order valence-electron chi connectivity index (χ1n) is 7.95. The van der Waals surface area contributed by atoms with E-state index in [0.717, 1.165) is 0 Å². The zero-order valence-corrected chi connectivity index (χ0v) is 13.2. The molecule has 1 fully saturated rings. The van der Waals surface area contributed by atoms with Gasteiger partial charge in [0.15, 0.2) is 0 Å². The third-order valence-electron chi connectivity index (χ3n) is 4.35. The Morgan fingerprint density at radius 1 is 1.29 bits per heavy atom. The Labute approximate surface area is 140 Å². The molecule has 2 N–H and O–H groups in total. The van der Waals surface area contributed by atoms with Crippen LogP contribution in [0.1, 0.15) is 15.9 Å². The van der Waals surface area contributed by atoms with Crippen LogP contribution in [0.5, 0.6) is 0 Å². The van der Waals surface area contributed by atoms with E-state index < -0.39 is 0 Å². The lowest BCUT2D eigenvalue weighted by atomic mass is 10.0. The molecule has 24 heavy (non-hydrogen) atoms. The maximum Gasteiger partial charge on any atom is 0.251 e. The molecular weight excluding hydrogens is 309 g/mol. The SMILES string of the molecule is O=C(N[C@@H]1CN(Cc2ccncc2F)C[C@H]1CO)c1ccccc1. The molecule has 6 heteroatoms. The van der Waals surface area contributed by atoms with E-state index in [1.807, 2.05) is 23.1 Å². The number of halogens is 1. The number of likely N-dealkylation sites (tertiary alicyclic amines) is 1. The molecule has 0 spiro atoms. The van der Waals surface area contributed by atoms with Crippen LogP contribution in [0.15, 0.2) is 48.8 Å². The number of rotatable bonds is 5. The molecule has 1 aliphatic rings. The fourth-order valence-corrected chi connectivity index (χ4v) is 3.05. The summed E-state index contributed by atoms with van der Waals surface area (Å²) in [5.74, 6) is -0.562. The van der Waals surface area contributed by atoms with Gasteiger partial charge in [0.2, 0.25) is 0 Å². The van der Waals surface area contributed by atoms with Crippen LogP contribution in [0.2, 0.25) is 0 Å². The molecule has 1 amide bonds. The molecule has 2 aromatic rings. The van der Waals surface area contributed by atoms with Crippen LogP contribution >= 0.6 is 0 Å². The standard InChI is InChI=1S/C18H20FN3O2/c19-16-8-20-7-6-14(16)9-22-10-15(12-23)17(11-22)21-18(24)13-4-2-1-3-5-13/h1-8,15,17,23H,9-12H2,(H,21,24)/t15-,17+/m0/s1. The highest BCUT2D eigenvalue weighted by Crippen LogP contribution is 2.20. The summed E-state index contributed by atoms with van der Waals surface area (Å²) in [6, 6.07) is 10.5. The molecule has 1 aliphatic heterocycles. The van der Waals surface area contributed by atoms with Gasteiger partial charge in [-0.2, -0.15) is 0 Å². The number of pyridine rings is 1. The molecule has 126 valence electrons. The second kappa shape index (κ2) is 7.51. The van der Waals surface area contributed by atoms with E-state index in [0.29, 0.717) is 30.8 Å². The van der Waals surface area contributed by atoms with E-state index in [1.54, 1.807) is 24.4 Å². The smallest absolute Gasteiger partial charge is 0.251 e. The van der Waals surface area contributed by atoms with Crippen molar-refractivity contribution in [2.75, 3.05) is 19.7 Å². The maximum atomic E-state index is 13.7. The topological polar surface area (TPSA) is 65.5 Å². The molecule has 0 aliphatic carbocycles. The lowest BCUT2D eigenvalue weighted by Gasteiger charge is -2.18. The number of hydrogen-bond acceptors (Lipinski definition) is 4. The van der Waals surface area contributed by atoms with Crippen molar-refractivity contribution in [2.24, 2.45) is 5.92 Å². The fourth-order valence-electron chi connectivity index (χ4n) is 3.05. The minimum absolute atomic E-state index is 0.0188. The quantitative estimate of drug-likeness (QED) is 0.871. The van der Waals surface area contributed by atoms with Gasteiger partial charge in [0.1, 0.15) is 5.82 Å². The van der Waals surface area contributed by atoms with E-state index in [9.17, 15) is 14.3 Å². The van der Waals surface area contributed by atoms with Gasteiger partial charge in [-0.3, -0.25) is 14.7 Å². The molecule has 0 saturated carbocycles. The average molecular weight is 329 g/mol. The number of benzene rings is 1. The summed E-state index contributed by atoms with van der Waals surface area (Å²) in [7, 11) is 0. The Balaban J connectivity index is 1.64. The highest BCUT2D eigenvalue weighted by Gasteiger charge is 2.33. The molecule has 3 rings (SSSR count). The van der Waals surface area contributed by atoms with Crippen molar-refractivity contribution in [3.05, 3.63) is 65.7 Å². The van der Waals surface area contributed by atoms with Crippen LogP contribution in [-0.2, 0) is 6.54 Å². The number of carbonyl (C=O) groups excluding carboxylic acids is 1. The predicted octanol–water partition coefficient (Wildman–Crippen LogP) is 1.44.